The Morgan fingerprint density at radius 3 is 2.70 bits per heavy atom. The number of carbonyl (C=O) groups excluding carboxylic acids is 1. The van der Waals surface area contributed by atoms with E-state index >= 15 is 0 Å². The van der Waals surface area contributed by atoms with E-state index in [1.54, 1.807) is 0 Å². The topological polar surface area (TPSA) is 66.5 Å². The smallest absolute Gasteiger partial charge is 0.433 e. The van der Waals surface area contributed by atoms with Gasteiger partial charge in [0, 0.05) is 30.9 Å². The van der Waals surface area contributed by atoms with E-state index in [1.807, 2.05) is 30.3 Å². The van der Waals surface area contributed by atoms with E-state index < -0.39 is 17.9 Å². The Balaban J connectivity index is 1.60. The molecule has 0 spiro atoms. The zero-order chi connectivity index (χ0) is 19.4. The van der Waals surface area contributed by atoms with Crippen molar-refractivity contribution in [3.8, 4) is 5.75 Å². The molecule has 1 saturated heterocycles. The van der Waals surface area contributed by atoms with Crippen LogP contribution in [0.1, 0.15) is 12.1 Å². The Morgan fingerprint density at radius 1 is 1.30 bits per heavy atom. The van der Waals surface area contributed by atoms with Crippen molar-refractivity contribution in [2.75, 3.05) is 30.4 Å². The summed E-state index contributed by atoms with van der Waals surface area (Å²) in [6, 6.07) is 10.0. The number of nitrogens with one attached hydrogen (secondary N) is 2. The minimum atomic E-state index is -4.58. The first kappa shape index (κ1) is 18.8. The molecule has 2 aromatic rings. The van der Waals surface area contributed by atoms with Crippen LogP contribution in [0.25, 0.3) is 0 Å². The molecule has 2 heterocycles. The minimum Gasteiger partial charge on any atom is -0.494 e. The van der Waals surface area contributed by atoms with Crippen LogP contribution in [0.5, 0.6) is 5.75 Å². The van der Waals surface area contributed by atoms with Gasteiger partial charge in [0.05, 0.1) is 13.3 Å². The number of carbonyl (C=O) groups is 1. The van der Waals surface area contributed by atoms with Crippen LogP contribution in [-0.4, -0.2) is 37.3 Å². The number of ether oxygens (including phenoxy) is 1. The normalized spacial score (nSPS) is 16.9. The maximum absolute atomic E-state index is 12.7. The number of nitrogens with zero attached hydrogens (tertiary/aromatic N) is 2. The fraction of sp³-hybridized carbons (Fsp3) is 0.333. The standard InChI is InChI=1S/C18H19F3N4O2/c1-27-15-9-16(18(19,20)21)22-10-14(15)24-17(26)23-12-7-8-25(11-12)13-5-3-2-4-6-13/h2-6,9-10,12H,7-8,11H2,1H3,(H2,23,24,26). The van der Waals surface area contributed by atoms with Gasteiger partial charge in [-0.25, -0.2) is 9.78 Å². The van der Waals surface area contributed by atoms with Crippen molar-refractivity contribution in [2.24, 2.45) is 0 Å². The van der Waals surface area contributed by atoms with E-state index in [-0.39, 0.29) is 17.5 Å². The van der Waals surface area contributed by atoms with Gasteiger partial charge in [-0.2, -0.15) is 13.2 Å². The van der Waals surface area contributed by atoms with Gasteiger partial charge in [-0.3, -0.25) is 0 Å². The molecular formula is C18H19F3N4O2. The third-order valence-electron chi connectivity index (χ3n) is 4.27. The van der Waals surface area contributed by atoms with Crippen LogP contribution in [0.15, 0.2) is 42.6 Å². The van der Waals surface area contributed by atoms with Crippen molar-refractivity contribution in [1.29, 1.82) is 0 Å². The highest BCUT2D eigenvalue weighted by atomic mass is 19.4. The van der Waals surface area contributed by atoms with Crippen LogP contribution in [-0.2, 0) is 6.18 Å². The van der Waals surface area contributed by atoms with Crippen molar-refractivity contribution >= 4 is 17.4 Å². The predicted molar refractivity (Wildman–Crippen MR) is 95.0 cm³/mol. The van der Waals surface area contributed by atoms with E-state index in [0.717, 1.165) is 30.9 Å². The number of alkyl halides is 3. The summed E-state index contributed by atoms with van der Waals surface area (Å²) in [6.07, 6.45) is -2.88. The molecule has 6 nitrogen and oxygen atoms in total. The van der Waals surface area contributed by atoms with E-state index in [1.165, 1.54) is 7.11 Å². The zero-order valence-electron chi connectivity index (χ0n) is 14.6. The maximum Gasteiger partial charge on any atom is 0.433 e. The number of anilines is 2. The fourth-order valence-corrected chi connectivity index (χ4v) is 2.95. The number of aromatic nitrogens is 1. The number of halogens is 3. The number of para-hydroxylation sites is 1. The van der Waals surface area contributed by atoms with Crippen LogP contribution in [0.2, 0.25) is 0 Å². The lowest BCUT2D eigenvalue weighted by molar-refractivity contribution is -0.141. The Labute approximate surface area is 154 Å². The zero-order valence-corrected chi connectivity index (χ0v) is 14.6. The summed E-state index contributed by atoms with van der Waals surface area (Å²) in [4.78, 5) is 17.7. The summed E-state index contributed by atoms with van der Waals surface area (Å²) in [5, 5.41) is 5.32. The van der Waals surface area contributed by atoms with Gasteiger partial charge in [-0.1, -0.05) is 18.2 Å². The lowest BCUT2D eigenvalue weighted by Crippen LogP contribution is -2.39. The highest BCUT2D eigenvalue weighted by Crippen LogP contribution is 2.33. The number of urea groups is 1. The van der Waals surface area contributed by atoms with Gasteiger partial charge in [0.25, 0.3) is 0 Å². The van der Waals surface area contributed by atoms with Crippen molar-refractivity contribution < 1.29 is 22.7 Å². The highest BCUT2D eigenvalue weighted by molar-refractivity contribution is 5.91. The summed E-state index contributed by atoms with van der Waals surface area (Å²) in [5.41, 5.74) is 0.0660. The lowest BCUT2D eigenvalue weighted by atomic mass is 10.2. The SMILES string of the molecule is COc1cc(C(F)(F)F)ncc1NC(=O)NC1CCN(c2ccccc2)C1. The lowest BCUT2D eigenvalue weighted by Gasteiger charge is -2.19. The summed E-state index contributed by atoms with van der Waals surface area (Å²) < 4.78 is 43.1. The molecule has 144 valence electrons. The van der Waals surface area contributed by atoms with Gasteiger partial charge in [0.2, 0.25) is 0 Å². The number of rotatable bonds is 4. The summed E-state index contributed by atoms with van der Waals surface area (Å²) >= 11 is 0. The van der Waals surface area contributed by atoms with Gasteiger partial charge in [0.1, 0.15) is 17.1 Å². The van der Waals surface area contributed by atoms with Gasteiger partial charge in [-0.05, 0) is 18.6 Å². The number of hydrogen-bond acceptors (Lipinski definition) is 4. The van der Waals surface area contributed by atoms with Gasteiger partial charge < -0.3 is 20.3 Å². The molecule has 1 aromatic carbocycles. The van der Waals surface area contributed by atoms with Crippen molar-refractivity contribution in [3.63, 3.8) is 0 Å². The van der Waals surface area contributed by atoms with Crippen LogP contribution in [0, 0.1) is 0 Å². The number of benzene rings is 1. The van der Waals surface area contributed by atoms with E-state index in [9.17, 15) is 18.0 Å². The molecule has 1 aromatic heterocycles. The average molecular weight is 380 g/mol. The van der Waals surface area contributed by atoms with Gasteiger partial charge in [-0.15, -0.1) is 0 Å². The number of methoxy groups -OCH3 is 1. The Bertz CT molecular complexity index is 799. The summed E-state index contributed by atoms with van der Waals surface area (Å²) in [5.74, 6) is -0.107. The fourth-order valence-electron chi connectivity index (χ4n) is 2.95. The molecule has 1 aliphatic rings. The first-order valence-electron chi connectivity index (χ1n) is 8.35. The second kappa shape index (κ2) is 7.73. The molecule has 27 heavy (non-hydrogen) atoms. The third kappa shape index (κ3) is 4.60. The quantitative estimate of drug-likeness (QED) is 0.852. The van der Waals surface area contributed by atoms with Crippen LogP contribution in [0.3, 0.4) is 0 Å². The van der Waals surface area contributed by atoms with Gasteiger partial charge in [0.15, 0.2) is 0 Å². The second-order valence-corrected chi connectivity index (χ2v) is 6.13. The van der Waals surface area contributed by atoms with E-state index in [0.29, 0.717) is 6.54 Å². The molecule has 1 atom stereocenters. The van der Waals surface area contributed by atoms with Crippen LogP contribution < -0.4 is 20.3 Å². The van der Waals surface area contributed by atoms with Crippen molar-refractivity contribution in [2.45, 2.75) is 18.6 Å². The van der Waals surface area contributed by atoms with Crippen LogP contribution in [0.4, 0.5) is 29.3 Å². The third-order valence-corrected chi connectivity index (χ3v) is 4.27. The molecular weight excluding hydrogens is 361 g/mol. The molecule has 1 aliphatic heterocycles. The predicted octanol–water partition coefficient (Wildman–Crippen LogP) is 3.51. The molecule has 1 fully saturated rings. The van der Waals surface area contributed by atoms with Crippen molar-refractivity contribution in [3.05, 3.63) is 48.3 Å². The molecule has 0 aliphatic carbocycles. The first-order valence-corrected chi connectivity index (χ1v) is 8.35. The van der Waals surface area contributed by atoms with E-state index in [2.05, 4.69) is 20.5 Å². The molecule has 2 N–H and O–H groups in total. The Morgan fingerprint density at radius 2 is 2.04 bits per heavy atom. The Hall–Kier alpha value is -2.97. The maximum atomic E-state index is 12.7. The molecule has 0 saturated carbocycles. The molecule has 0 radical (unpaired) electrons. The first-order chi connectivity index (χ1) is 12.9. The number of pyridine rings is 1. The number of amides is 2. The largest absolute Gasteiger partial charge is 0.494 e. The van der Waals surface area contributed by atoms with E-state index in [4.69, 9.17) is 4.74 Å². The monoisotopic (exact) mass is 380 g/mol. The minimum absolute atomic E-state index is 0.0703. The molecule has 0 bridgehead atoms. The highest BCUT2D eigenvalue weighted by Gasteiger charge is 2.33. The average Bonchev–Trinajstić information content (AvgIpc) is 3.10. The molecule has 3 rings (SSSR count). The summed E-state index contributed by atoms with van der Waals surface area (Å²) in [7, 11) is 1.23. The second-order valence-electron chi connectivity index (χ2n) is 6.13. The Kier molecular flexibility index (Phi) is 5.38. The number of hydrogen-bond donors (Lipinski definition) is 2. The van der Waals surface area contributed by atoms with Crippen molar-refractivity contribution in [1.82, 2.24) is 10.3 Å². The molecule has 2 amide bonds. The molecule has 9 heteroatoms. The summed E-state index contributed by atoms with van der Waals surface area (Å²) in [6.45, 7) is 1.46. The van der Waals surface area contributed by atoms with Gasteiger partial charge >= 0.3 is 12.2 Å². The molecule has 1 unspecified atom stereocenters. The van der Waals surface area contributed by atoms with Crippen LogP contribution >= 0.6 is 0 Å².